The first-order valence-electron chi connectivity index (χ1n) is 24.4. The second-order valence-corrected chi connectivity index (χ2v) is 17.9. The molecule has 2 aromatic heterocycles. The molecule has 366 valence electrons. The lowest BCUT2D eigenvalue weighted by molar-refractivity contribution is 0.286. The van der Waals surface area contributed by atoms with Crippen LogP contribution in [0.5, 0.6) is 23.0 Å². The summed E-state index contributed by atoms with van der Waals surface area (Å²) in [6, 6.07) is 29.8. The van der Waals surface area contributed by atoms with Gasteiger partial charge in [0, 0.05) is 54.6 Å². The first-order chi connectivity index (χ1) is 34.2. The Bertz CT molecular complexity index is 2500. The molecule has 1 N–H and O–H groups in total. The van der Waals surface area contributed by atoms with Gasteiger partial charge in [-0.05, 0) is 141 Å². The number of benzene rings is 4. The molecule has 0 saturated heterocycles. The summed E-state index contributed by atoms with van der Waals surface area (Å²) < 4.78 is 25.5. The van der Waals surface area contributed by atoms with E-state index in [1.54, 1.807) is 30.7 Å². The van der Waals surface area contributed by atoms with Crippen molar-refractivity contribution in [3.63, 3.8) is 0 Å². The van der Waals surface area contributed by atoms with E-state index in [1.165, 1.54) is 6.20 Å². The fourth-order valence-electron chi connectivity index (χ4n) is 8.10. The Labute approximate surface area is 425 Å². The molecule has 11 nitrogen and oxygen atoms in total. The summed E-state index contributed by atoms with van der Waals surface area (Å²) in [5.41, 5.74) is 8.49. The molecule has 70 heavy (non-hydrogen) atoms. The summed E-state index contributed by atoms with van der Waals surface area (Å²) in [5.74, 6) is 2.39. The van der Waals surface area contributed by atoms with E-state index >= 15 is 0 Å². The standard InChI is InChI=1S/C57H65Cl2N7O4/c1-6-65(7-2)22-12-10-11-18-49-28-52(58)56(30-54(49)67-41-46-27-51(61-5)37-64-35-46)69-38-42-16-13-19-47(25-42)48-20-14-17-43(26-48)39-70-57-31-55(68-40-45-24-44(32-60)33-63-34-45)50(29-53(57)59)36-62-21-15-23-66(8-3)9-4/h13-14,16-17,19-20,24-31,33-35,37,62H,6-12,15,18,21-23,36,38-41H2,1-4H3. The lowest BCUT2D eigenvalue weighted by Crippen LogP contribution is -2.27. The van der Waals surface area contributed by atoms with Crippen molar-refractivity contribution in [1.82, 2.24) is 25.1 Å². The van der Waals surface area contributed by atoms with E-state index in [0.29, 0.717) is 57.4 Å². The van der Waals surface area contributed by atoms with Crippen LogP contribution in [0.3, 0.4) is 0 Å². The number of pyridine rings is 2. The van der Waals surface area contributed by atoms with Gasteiger partial charge in [-0.3, -0.25) is 9.97 Å². The first-order valence-corrected chi connectivity index (χ1v) is 25.1. The summed E-state index contributed by atoms with van der Waals surface area (Å²) >= 11 is 13.8. The number of unbranched alkanes of at least 4 members (excludes halogenated alkanes) is 2. The van der Waals surface area contributed by atoms with Crippen molar-refractivity contribution >= 4 is 28.9 Å². The lowest BCUT2D eigenvalue weighted by Gasteiger charge is -2.18. The molecular formula is C57H65Cl2N7O4. The van der Waals surface area contributed by atoms with Crippen LogP contribution in [-0.4, -0.2) is 65.6 Å². The summed E-state index contributed by atoms with van der Waals surface area (Å²) in [6.45, 7) is 25.0. The molecule has 0 aliphatic carbocycles. The van der Waals surface area contributed by atoms with E-state index in [9.17, 15) is 5.26 Å². The van der Waals surface area contributed by atoms with E-state index < -0.39 is 0 Å². The summed E-state index contributed by atoms with van der Waals surface area (Å²) in [4.78, 5) is 16.8. The van der Waals surface area contributed by atoms with E-state index in [1.807, 2.05) is 48.5 Å². The van der Waals surface area contributed by atoms with E-state index in [-0.39, 0.29) is 19.8 Å². The number of nitrogens with one attached hydrogen (secondary N) is 1. The van der Waals surface area contributed by atoms with Crippen molar-refractivity contribution in [3.05, 3.63) is 170 Å². The van der Waals surface area contributed by atoms with E-state index in [4.69, 9.17) is 48.7 Å². The van der Waals surface area contributed by atoms with Gasteiger partial charge in [0.25, 0.3) is 0 Å². The molecule has 0 saturated carbocycles. The normalized spacial score (nSPS) is 11.1. The topological polar surface area (TPSA) is 109 Å². The Balaban J connectivity index is 1.12. The van der Waals surface area contributed by atoms with Gasteiger partial charge in [0.1, 0.15) is 55.5 Å². The zero-order valence-electron chi connectivity index (χ0n) is 41.0. The predicted octanol–water partition coefficient (Wildman–Crippen LogP) is 13.1. The number of nitriles is 1. The zero-order chi connectivity index (χ0) is 49.5. The highest BCUT2D eigenvalue weighted by Gasteiger charge is 2.16. The van der Waals surface area contributed by atoms with Crippen LogP contribution in [0.4, 0.5) is 5.69 Å². The maximum atomic E-state index is 9.40. The number of ether oxygens (including phenoxy) is 4. The molecule has 0 spiro atoms. The fraction of sp³-hybridized carbons (Fsp3) is 0.368. The highest BCUT2D eigenvalue weighted by atomic mass is 35.5. The van der Waals surface area contributed by atoms with Gasteiger partial charge in [-0.25, -0.2) is 4.85 Å². The van der Waals surface area contributed by atoms with Crippen LogP contribution >= 0.6 is 23.2 Å². The molecule has 6 rings (SSSR count). The van der Waals surface area contributed by atoms with Crippen LogP contribution in [0, 0.1) is 17.9 Å². The Hall–Kier alpha value is -6.18. The third-order valence-corrected chi connectivity index (χ3v) is 12.8. The zero-order valence-corrected chi connectivity index (χ0v) is 42.5. The second-order valence-electron chi connectivity index (χ2n) is 17.1. The molecule has 0 radical (unpaired) electrons. The first kappa shape index (κ1) is 53.2. The smallest absolute Gasteiger partial charge is 0.205 e. The molecule has 6 aromatic rings. The predicted molar refractivity (Wildman–Crippen MR) is 281 cm³/mol. The molecule has 0 fully saturated rings. The van der Waals surface area contributed by atoms with E-state index in [0.717, 1.165) is 122 Å². The molecule has 0 aliphatic heterocycles. The average molecular weight is 983 g/mol. The Morgan fingerprint density at radius 2 is 1.11 bits per heavy atom. The molecule has 0 unspecified atom stereocenters. The molecule has 0 amide bonds. The van der Waals surface area contributed by atoms with Crippen LogP contribution in [0.1, 0.15) is 92.3 Å². The van der Waals surface area contributed by atoms with Crippen LogP contribution < -0.4 is 24.3 Å². The van der Waals surface area contributed by atoms with Crippen molar-refractivity contribution in [3.8, 4) is 40.2 Å². The van der Waals surface area contributed by atoms with Crippen molar-refractivity contribution in [2.75, 3.05) is 45.8 Å². The number of hydrogen-bond acceptors (Lipinski definition) is 10. The maximum Gasteiger partial charge on any atom is 0.205 e. The molecular weight excluding hydrogens is 918 g/mol. The van der Waals surface area contributed by atoms with Crippen molar-refractivity contribution in [2.24, 2.45) is 0 Å². The molecule has 0 bridgehead atoms. The van der Waals surface area contributed by atoms with Gasteiger partial charge >= 0.3 is 0 Å². The minimum absolute atomic E-state index is 0.233. The Morgan fingerprint density at radius 3 is 1.70 bits per heavy atom. The molecule has 0 atom stereocenters. The molecule has 13 heteroatoms. The third-order valence-electron chi connectivity index (χ3n) is 12.2. The Kier molecular flexibility index (Phi) is 21.6. The third kappa shape index (κ3) is 16.5. The number of rotatable bonds is 29. The van der Waals surface area contributed by atoms with Gasteiger partial charge < -0.3 is 34.1 Å². The summed E-state index contributed by atoms with van der Waals surface area (Å²) in [6.07, 6.45) is 11.6. The van der Waals surface area contributed by atoms with Gasteiger partial charge in [0.2, 0.25) is 5.69 Å². The minimum Gasteiger partial charge on any atom is -0.488 e. The SMILES string of the molecule is [C-]#[N+]c1cncc(COc2cc(OCc3cccc(-c4cccc(COc5cc(OCc6cncc(C#N)c6)c(CNCCCN(CC)CC)cc5Cl)c4)c3)c(Cl)cc2CCCCCN(CC)CC)c1. The summed E-state index contributed by atoms with van der Waals surface area (Å²) in [5, 5.41) is 14.0. The number of hydrogen-bond donors (Lipinski definition) is 1. The van der Waals surface area contributed by atoms with Gasteiger partial charge in [-0.2, -0.15) is 5.26 Å². The number of halogens is 2. The van der Waals surface area contributed by atoms with Crippen LogP contribution in [0.2, 0.25) is 10.0 Å². The van der Waals surface area contributed by atoms with Gasteiger partial charge in [0.15, 0.2) is 0 Å². The van der Waals surface area contributed by atoms with Gasteiger partial charge in [0.05, 0.1) is 22.2 Å². The van der Waals surface area contributed by atoms with Crippen LogP contribution in [-0.2, 0) is 39.4 Å². The molecule has 2 heterocycles. The minimum atomic E-state index is 0.233. The fourth-order valence-corrected chi connectivity index (χ4v) is 8.58. The summed E-state index contributed by atoms with van der Waals surface area (Å²) in [7, 11) is 0. The van der Waals surface area contributed by atoms with Crippen molar-refractivity contribution in [2.45, 2.75) is 92.8 Å². The largest absolute Gasteiger partial charge is 0.488 e. The Morgan fingerprint density at radius 1 is 0.586 bits per heavy atom. The lowest BCUT2D eigenvalue weighted by atomic mass is 10.0. The number of aryl methyl sites for hydroxylation is 1. The van der Waals surface area contributed by atoms with Crippen molar-refractivity contribution in [1.29, 1.82) is 5.26 Å². The average Bonchev–Trinajstić information content (AvgIpc) is 3.39. The van der Waals surface area contributed by atoms with Crippen LogP contribution in [0.25, 0.3) is 16.0 Å². The highest BCUT2D eigenvalue weighted by Crippen LogP contribution is 2.37. The van der Waals surface area contributed by atoms with Gasteiger partial charge in [-0.1, -0.05) is 93.7 Å². The van der Waals surface area contributed by atoms with Gasteiger partial charge in [-0.15, -0.1) is 0 Å². The monoisotopic (exact) mass is 981 g/mol. The number of aromatic nitrogens is 2. The maximum absolute atomic E-state index is 9.40. The molecule has 4 aromatic carbocycles. The van der Waals surface area contributed by atoms with Crippen LogP contribution in [0.15, 0.2) is 110 Å². The van der Waals surface area contributed by atoms with Crippen molar-refractivity contribution < 1.29 is 18.9 Å². The quantitative estimate of drug-likeness (QED) is 0.0360. The second kappa shape index (κ2) is 28.5. The number of nitrogens with zero attached hydrogens (tertiary/aromatic N) is 6. The van der Waals surface area contributed by atoms with E-state index in [2.05, 4.69) is 88.0 Å². The molecule has 0 aliphatic rings. The highest BCUT2D eigenvalue weighted by molar-refractivity contribution is 6.32.